The van der Waals surface area contributed by atoms with Crippen LogP contribution in [0.3, 0.4) is 0 Å². The molecule has 4 rings (SSSR count). The number of methoxy groups -OCH3 is 2. The van der Waals surface area contributed by atoms with Gasteiger partial charge in [-0.05, 0) is 109 Å². The number of thioether (sulfide) groups is 1. The molecule has 36 heavy (non-hydrogen) atoms. The molecule has 1 N–H and O–H groups in total. The third kappa shape index (κ3) is 5.83. The molecule has 1 aliphatic rings. The fourth-order valence-corrected chi connectivity index (χ4v) is 5.99. The van der Waals surface area contributed by atoms with Crippen LogP contribution in [0.1, 0.15) is 21.5 Å². The Bertz CT molecular complexity index is 1350. The number of ether oxygens (including phenoxy) is 2. The molecule has 1 amide bonds. The van der Waals surface area contributed by atoms with E-state index in [9.17, 15) is 14.7 Å². The number of hydrogen-bond acceptors (Lipinski definition) is 6. The summed E-state index contributed by atoms with van der Waals surface area (Å²) < 4.78 is 12.1. The molecular weight excluding hydrogens is 612 g/mol. The van der Waals surface area contributed by atoms with Gasteiger partial charge in [0.1, 0.15) is 11.5 Å². The number of halogens is 2. The molecule has 0 radical (unpaired) electrons. The molecule has 0 atom stereocenters. The van der Waals surface area contributed by atoms with Crippen LogP contribution < -0.4 is 9.47 Å². The first kappa shape index (κ1) is 26.0. The lowest BCUT2D eigenvalue weighted by Gasteiger charge is -2.16. The normalized spacial score (nSPS) is 15.6. The summed E-state index contributed by atoms with van der Waals surface area (Å²) in [7, 11) is 3.18. The molecule has 10 heteroatoms. The van der Waals surface area contributed by atoms with E-state index in [0.29, 0.717) is 27.3 Å². The number of amides is 1. The highest BCUT2D eigenvalue weighted by atomic mass is 79.9. The summed E-state index contributed by atoms with van der Waals surface area (Å²) in [5.41, 5.74) is 2.45. The average Bonchev–Trinajstić information content (AvgIpc) is 3.13. The van der Waals surface area contributed by atoms with Gasteiger partial charge in [0.25, 0.3) is 5.91 Å². The van der Waals surface area contributed by atoms with Crippen molar-refractivity contribution >= 4 is 72.4 Å². The Hall–Kier alpha value is -3.08. The lowest BCUT2D eigenvalue weighted by atomic mass is 10.1. The minimum Gasteiger partial charge on any atom is -0.497 e. The summed E-state index contributed by atoms with van der Waals surface area (Å²) >= 11 is 8.28. The number of hydrogen-bond donors (Lipinski definition) is 1. The number of carboxylic acids is 1. The maximum atomic E-state index is 13.5. The molecule has 1 heterocycles. The van der Waals surface area contributed by atoms with Gasteiger partial charge in [-0.2, -0.15) is 0 Å². The van der Waals surface area contributed by atoms with E-state index in [2.05, 4.69) is 31.9 Å². The number of benzene rings is 3. The summed E-state index contributed by atoms with van der Waals surface area (Å²) in [5.74, 6) is 0.173. The minimum absolute atomic E-state index is 0.184. The fraction of sp³-hybridized carbons (Fsp3) is 0.115. The standard InChI is InChI=1S/C26H20Br2N2O5S/c1-34-19-9-7-18(8-10-19)29-26-30(14-15-3-5-17(6-4-15)25(32)33)24(31)22(36-26)13-16-11-20(27)23(35-2)21(28)12-16/h3-13H,14H2,1-2H3,(H,32,33)/b22-13-,29-26?. The number of amidine groups is 1. The largest absolute Gasteiger partial charge is 0.497 e. The van der Waals surface area contributed by atoms with Gasteiger partial charge in [-0.1, -0.05) is 12.1 Å². The highest BCUT2D eigenvalue weighted by Crippen LogP contribution is 2.38. The number of rotatable bonds is 7. The number of aliphatic imine (C=N–C) groups is 1. The summed E-state index contributed by atoms with van der Waals surface area (Å²) in [6.45, 7) is 0.244. The van der Waals surface area contributed by atoms with Crippen molar-refractivity contribution < 1.29 is 24.2 Å². The quantitative estimate of drug-likeness (QED) is 0.291. The van der Waals surface area contributed by atoms with E-state index in [1.165, 1.54) is 23.9 Å². The first-order valence-corrected chi connectivity index (χ1v) is 13.0. The van der Waals surface area contributed by atoms with E-state index >= 15 is 0 Å². The molecule has 7 nitrogen and oxygen atoms in total. The Morgan fingerprint density at radius 2 is 1.67 bits per heavy atom. The first-order chi connectivity index (χ1) is 17.3. The van der Waals surface area contributed by atoms with Crippen molar-refractivity contribution in [2.45, 2.75) is 6.54 Å². The van der Waals surface area contributed by atoms with E-state index in [0.717, 1.165) is 20.1 Å². The van der Waals surface area contributed by atoms with Gasteiger partial charge in [-0.15, -0.1) is 0 Å². The Balaban J connectivity index is 1.70. The second kappa shape index (κ2) is 11.3. The van der Waals surface area contributed by atoms with Crippen molar-refractivity contribution in [2.24, 2.45) is 4.99 Å². The zero-order valence-electron chi connectivity index (χ0n) is 19.2. The number of carbonyl (C=O) groups excluding carboxylic acids is 1. The van der Waals surface area contributed by atoms with Gasteiger partial charge in [0.2, 0.25) is 0 Å². The Morgan fingerprint density at radius 3 is 2.22 bits per heavy atom. The number of carbonyl (C=O) groups is 2. The zero-order valence-corrected chi connectivity index (χ0v) is 23.2. The second-order valence-electron chi connectivity index (χ2n) is 7.61. The van der Waals surface area contributed by atoms with Gasteiger partial charge in [0.05, 0.1) is 45.9 Å². The van der Waals surface area contributed by atoms with Gasteiger partial charge < -0.3 is 14.6 Å². The van der Waals surface area contributed by atoms with Gasteiger partial charge in [0.15, 0.2) is 5.17 Å². The van der Waals surface area contributed by atoms with Crippen LogP contribution in [0.15, 0.2) is 79.5 Å². The third-order valence-corrected chi connectivity index (χ3v) is 7.43. The summed E-state index contributed by atoms with van der Waals surface area (Å²) in [5, 5.41) is 9.69. The third-order valence-electron chi connectivity index (χ3n) is 5.25. The van der Waals surface area contributed by atoms with Crippen molar-refractivity contribution in [1.82, 2.24) is 4.90 Å². The van der Waals surface area contributed by atoms with Crippen molar-refractivity contribution in [2.75, 3.05) is 14.2 Å². The Labute approximate surface area is 229 Å². The Morgan fingerprint density at radius 1 is 1.03 bits per heavy atom. The van der Waals surface area contributed by atoms with E-state index in [1.807, 2.05) is 24.3 Å². The smallest absolute Gasteiger partial charge is 0.335 e. The molecule has 1 fully saturated rings. The van der Waals surface area contributed by atoms with E-state index in [4.69, 9.17) is 14.5 Å². The van der Waals surface area contributed by atoms with Crippen molar-refractivity contribution in [3.63, 3.8) is 0 Å². The minimum atomic E-state index is -1.00. The lowest BCUT2D eigenvalue weighted by Crippen LogP contribution is -2.28. The van der Waals surface area contributed by atoms with Crippen molar-refractivity contribution in [1.29, 1.82) is 0 Å². The molecule has 3 aromatic carbocycles. The fourth-order valence-electron chi connectivity index (χ4n) is 3.44. The Kier molecular flexibility index (Phi) is 8.17. The van der Waals surface area contributed by atoms with Gasteiger partial charge in [-0.3, -0.25) is 9.69 Å². The topological polar surface area (TPSA) is 88.4 Å². The molecule has 1 aliphatic heterocycles. The SMILES string of the molecule is COc1ccc(N=C2S/C(=C\c3cc(Br)c(OC)c(Br)c3)C(=O)N2Cc2ccc(C(=O)O)cc2)cc1. The van der Waals surface area contributed by atoms with Crippen LogP contribution in [0.2, 0.25) is 0 Å². The van der Waals surface area contributed by atoms with Gasteiger partial charge >= 0.3 is 5.97 Å². The highest BCUT2D eigenvalue weighted by molar-refractivity contribution is 9.11. The number of nitrogens with zero attached hydrogens (tertiary/aromatic N) is 2. The molecular formula is C26H20Br2N2O5S. The lowest BCUT2D eigenvalue weighted by molar-refractivity contribution is -0.122. The molecule has 0 aliphatic carbocycles. The molecule has 0 saturated carbocycles. The number of carboxylic acid groups (broad SMARTS) is 1. The zero-order chi connectivity index (χ0) is 25.8. The molecule has 0 spiro atoms. The van der Waals surface area contributed by atoms with Gasteiger partial charge in [0, 0.05) is 0 Å². The molecule has 0 aromatic heterocycles. The van der Waals surface area contributed by atoms with Crippen LogP contribution in [-0.4, -0.2) is 41.3 Å². The predicted molar refractivity (Wildman–Crippen MR) is 148 cm³/mol. The van der Waals surface area contributed by atoms with Crippen molar-refractivity contribution in [3.05, 3.63) is 91.2 Å². The van der Waals surface area contributed by atoms with E-state index in [1.54, 1.807) is 49.5 Å². The molecule has 3 aromatic rings. The summed E-state index contributed by atoms with van der Waals surface area (Å²) in [6, 6.07) is 17.4. The van der Waals surface area contributed by atoms with Crippen LogP contribution in [-0.2, 0) is 11.3 Å². The molecule has 184 valence electrons. The molecule has 0 unspecified atom stereocenters. The maximum Gasteiger partial charge on any atom is 0.335 e. The first-order valence-electron chi connectivity index (χ1n) is 10.6. The molecule has 1 saturated heterocycles. The van der Waals surface area contributed by atoms with Crippen LogP contribution in [0.4, 0.5) is 5.69 Å². The van der Waals surface area contributed by atoms with Crippen molar-refractivity contribution in [3.8, 4) is 11.5 Å². The van der Waals surface area contributed by atoms with Gasteiger partial charge in [-0.25, -0.2) is 9.79 Å². The monoisotopic (exact) mass is 630 g/mol. The maximum absolute atomic E-state index is 13.5. The highest BCUT2D eigenvalue weighted by Gasteiger charge is 2.33. The summed E-state index contributed by atoms with van der Waals surface area (Å²) in [6.07, 6.45) is 1.80. The average molecular weight is 632 g/mol. The molecule has 0 bridgehead atoms. The summed E-state index contributed by atoms with van der Waals surface area (Å²) in [4.78, 5) is 31.5. The predicted octanol–water partition coefficient (Wildman–Crippen LogP) is 6.73. The van der Waals surface area contributed by atoms with Crippen LogP contribution in [0.5, 0.6) is 11.5 Å². The van der Waals surface area contributed by atoms with E-state index in [-0.39, 0.29) is 18.0 Å². The second-order valence-corrected chi connectivity index (χ2v) is 10.3. The number of aromatic carboxylic acids is 1. The van der Waals surface area contributed by atoms with E-state index < -0.39 is 5.97 Å². The van der Waals surface area contributed by atoms with Crippen LogP contribution >= 0.6 is 43.6 Å². The van der Waals surface area contributed by atoms with Crippen LogP contribution in [0.25, 0.3) is 6.08 Å². The van der Waals surface area contributed by atoms with Crippen LogP contribution in [0, 0.1) is 0 Å².